The SMILES string of the molecule is CC(C)(C)[Si](C)(C)OC(/C=C/I)c1cc2ccccc2s1. The molecule has 4 heteroatoms. The lowest BCUT2D eigenvalue weighted by Crippen LogP contribution is -2.41. The normalized spacial score (nSPS) is 15.0. The van der Waals surface area contributed by atoms with Gasteiger partial charge in [-0.3, -0.25) is 0 Å². The number of hydrogen-bond acceptors (Lipinski definition) is 2. The molecule has 0 saturated heterocycles. The van der Waals surface area contributed by atoms with E-state index >= 15 is 0 Å². The number of halogens is 1. The molecule has 0 N–H and O–H groups in total. The summed E-state index contributed by atoms with van der Waals surface area (Å²) in [5.41, 5.74) is 0. The van der Waals surface area contributed by atoms with Gasteiger partial charge in [0.25, 0.3) is 0 Å². The first-order chi connectivity index (χ1) is 9.74. The maximum absolute atomic E-state index is 6.62. The van der Waals surface area contributed by atoms with Crippen molar-refractivity contribution in [3.05, 3.63) is 45.4 Å². The van der Waals surface area contributed by atoms with E-state index in [2.05, 4.69) is 96.9 Å². The minimum atomic E-state index is -1.78. The second kappa shape index (κ2) is 6.52. The van der Waals surface area contributed by atoms with Crippen LogP contribution < -0.4 is 0 Å². The Morgan fingerprint density at radius 1 is 1.24 bits per heavy atom. The summed E-state index contributed by atoms with van der Waals surface area (Å²) in [5.74, 6) is 0. The molecule has 114 valence electrons. The van der Waals surface area contributed by atoms with Gasteiger partial charge in [-0.25, -0.2) is 0 Å². The van der Waals surface area contributed by atoms with E-state index in [0.29, 0.717) is 0 Å². The predicted molar refractivity (Wildman–Crippen MR) is 106 cm³/mol. The molecule has 0 fully saturated rings. The Labute approximate surface area is 146 Å². The molecule has 1 atom stereocenters. The van der Waals surface area contributed by atoms with Gasteiger partial charge in [0.1, 0.15) is 0 Å². The van der Waals surface area contributed by atoms with Crippen LogP contribution in [0.3, 0.4) is 0 Å². The highest BCUT2D eigenvalue weighted by Gasteiger charge is 2.39. The molecule has 1 aromatic carbocycles. The molecular weight excluding hydrogens is 407 g/mol. The first kappa shape index (κ1) is 17.2. The smallest absolute Gasteiger partial charge is 0.193 e. The van der Waals surface area contributed by atoms with Crippen molar-refractivity contribution in [1.29, 1.82) is 0 Å². The van der Waals surface area contributed by atoms with E-state index < -0.39 is 8.32 Å². The zero-order chi connectivity index (χ0) is 15.7. The van der Waals surface area contributed by atoms with Crippen LogP contribution in [-0.2, 0) is 4.43 Å². The quantitative estimate of drug-likeness (QED) is 0.378. The maximum atomic E-state index is 6.62. The molecule has 21 heavy (non-hydrogen) atoms. The second-order valence-corrected chi connectivity index (χ2v) is 13.4. The lowest BCUT2D eigenvalue weighted by molar-refractivity contribution is 0.233. The Balaban J connectivity index is 2.35. The molecule has 2 aromatic rings. The first-order valence-electron chi connectivity index (χ1n) is 7.18. The molecule has 1 nitrogen and oxygen atoms in total. The van der Waals surface area contributed by atoms with Crippen LogP contribution >= 0.6 is 33.9 Å². The third-order valence-electron chi connectivity index (χ3n) is 4.20. The monoisotopic (exact) mass is 430 g/mol. The Bertz CT molecular complexity index is 607. The molecule has 0 spiro atoms. The Morgan fingerprint density at radius 3 is 2.48 bits per heavy atom. The van der Waals surface area contributed by atoms with Gasteiger partial charge in [-0.05, 0) is 45.8 Å². The van der Waals surface area contributed by atoms with E-state index in [4.69, 9.17) is 4.43 Å². The van der Waals surface area contributed by atoms with E-state index in [0.717, 1.165) is 0 Å². The van der Waals surface area contributed by atoms with Gasteiger partial charge in [0.2, 0.25) is 0 Å². The zero-order valence-electron chi connectivity index (χ0n) is 13.3. The minimum Gasteiger partial charge on any atom is -0.406 e. The topological polar surface area (TPSA) is 9.23 Å². The fourth-order valence-corrected chi connectivity index (χ4v) is 4.63. The van der Waals surface area contributed by atoms with Crippen LogP contribution in [0.4, 0.5) is 0 Å². The number of fused-ring (bicyclic) bond motifs is 1. The van der Waals surface area contributed by atoms with Gasteiger partial charge >= 0.3 is 0 Å². The van der Waals surface area contributed by atoms with Gasteiger partial charge < -0.3 is 4.43 Å². The van der Waals surface area contributed by atoms with Crippen molar-refractivity contribution in [2.75, 3.05) is 0 Å². The van der Waals surface area contributed by atoms with E-state index in [1.54, 1.807) is 0 Å². The second-order valence-electron chi connectivity index (χ2n) is 6.80. The minimum absolute atomic E-state index is 0.0696. The molecular formula is C17H23IOSSi. The van der Waals surface area contributed by atoms with Crippen molar-refractivity contribution in [1.82, 2.24) is 0 Å². The van der Waals surface area contributed by atoms with E-state index in [1.165, 1.54) is 15.0 Å². The van der Waals surface area contributed by atoms with Gasteiger partial charge in [0.15, 0.2) is 8.32 Å². The highest BCUT2D eigenvalue weighted by atomic mass is 127. The highest BCUT2D eigenvalue weighted by molar-refractivity contribution is 14.1. The third kappa shape index (κ3) is 3.97. The van der Waals surface area contributed by atoms with Gasteiger partial charge in [-0.1, -0.05) is 61.6 Å². The molecule has 0 radical (unpaired) electrons. The largest absolute Gasteiger partial charge is 0.406 e. The summed E-state index contributed by atoms with van der Waals surface area (Å²) < 4.78 is 10.0. The molecule has 0 aliphatic rings. The number of benzene rings is 1. The van der Waals surface area contributed by atoms with Crippen LogP contribution in [0, 0.1) is 0 Å². The molecule has 2 rings (SSSR count). The van der Waals surface area contributed by atoms with Crippen molar-refractivity contribution in [3.8, 4) is 0 Å². The maximum Gasteiger partial charge on any atom is 0.193 e. The van der Waals surface area contributed by atoms with E-state index in [-0.39, 0.29) is 11.1 Å². The Hall–Kier alpha value is -0.173. The summed E-state index contributed by atoms with van der Waals surface area (Å²) >= 11 is 4.12. The molecule has 1 unspecified atom stereocenters. The van der Waals surface area contributed by atoms with E-state index in [1.807, 2.05) is 11.3 Å². The lowest BCUT2D eigenvalue weighted by atomic mass is 10.2. The van der Waals surface area contributed by atoms with Crippen molar-refractivity contribution >= 4 is 52.3 Å². The van der Waals surface area contributed by atoms with Gasteiger partial charge in [0.05, 0.1) is 6.10 Å². The molecule has 0 aliphatic heterocycles. The van der Waals surface area contributed by atoms with Crippen LogP contribution in [0.15, 0.2) is 40.5 Å². The third-order valence-corrected chi connectivity index (χ3v) is 10.2. The van der Waals surface area contributed by atoms with Crippen LogP contribution in [0.5, 0.6) is 0 Å². The number of rotatable bonds is 4. The Kier molecular flexibility index (Phi) is 5.34. The molecule has 0 saturated carbocycles. The van der Waals surface area contributed by atoms with E-state index in [9.17, 15) is 0 Å². The predicted octanol–water partition coefficient (Wildman–Crippen LogP) is 6.91. The summed E-state index contributed by atoms with van der Waals surface area (Å²) in [5, 5.41) is 1.53. The van der Waals surface area contributed by atoms with Crippen molar-refractivity contribution in [2.24, 2.45) is 0 Å². The van der Waals surface area contributed by atoms with Gasteiger partial charge in [-0.15, -0.1) is 11.3 Å². The van der Waals surface area contributed by atoms with Crippen LogP contribution in [0.2, 0.25) is 18.1 Å². The average Bonchev–Trinajstić information content (AvgIpc) is 2.80. The molecule has 1 aromatic heterocycles. The molecule has 0 aliphatic carbocycles. The van der Waals surface area contributed by atoms with Crippen molar-refractivity contribution in [2.45, 2.75) is 45.0 Å². The Morgan fingerprint density at radius 2 is 1.90 bits per heavy atom. The standard InChI is InChI=1S/C17H23IOSSi/c1-17(2,3)21(4,5)19-14(10-11-18)16-12-13-8-6-7-9-15(13)20-16/h6-12,14H,1-5H3/b11-10+. The molecule has 0 bridgehead atoms. The summed E-state index contributed by atoms with van der Waals surface area (Å²) in [6, 6.07) is 10.8. The first-order valence-corrected chi connectivity index (χ1v) is 12.1. The van der Waals surface area contributed by atoms with Crippen LogP contribution in [0.1, 0.15) is 31.8 Å². The molecule has 0 amide bonds. The van der Waals surface area contributed by atoms with Crippen LogP contribution in [0.25, 0.3) is 10.1 Å². The fraction of sp³-hybridized carbons (Fsp3) is 0.412. The summed E-state index contributed by atoms with van der Waals surface area (Å²) in [6.07, 6.45) is 2.24. The van der Waals surface area contributed by atoms with Gasteiger partial charge in [0, 0.05) is 9.58 Å². The van der Waals surface area contributed by atoms with Crippen LogP contribution in [-0.4, -0.2) is 8.32 Å². The summed E-state index contributed by atoms with van der Waals surface area (Å²) in [4.78, 5) is 1.30. The summed E-state index contributed by atoms with van der Waals surface area (Å²) in [7, 11) is -1.78. The average molecular weight is 430 g/mol. The number of hydrogen-bond donors (Lipinski definition) is 0. The lowest BCUT2D eigenvalue weighted by Gasteiger charge is -2.38. The summed E-state index contributed by atoms with van der Waals surface area (Å²) in [6.45, 7) is 11.5. The zero-order valence-corrected chi connectivity index (χ0v) is 17.3. The molecule has 1 heterocycles. The van der Waals surface area contributed by atoms with Gasteiger partial charge in [-0.2, -0.15) is 0 Å². The van der Waals surface area contributed by atoms with Crippen molar-refractivity contribution in [3.63, 3.8) is 0 Å². The number of thiophene rings is 1. The fourth-order valence-electron chi connectivity index (χ4n) is 1.90. The van der Waals surface area contributed by atoms with Crippen molar-refractivity contribution < 1.29 is 4.43 Å². The highest BCUT2D eigenvalue weighted by Crippen LogP contribution is 2.42.